The van der Waals surface area contributed by atoms with Crippen LogP contribution >= 0.6 is 0 Å². The summed E-state index contributed by atoms with van der Waals surface area (Å²) in [5.41, 5.74) is 7.30. The van der Waals surface area contributed by atoms with Crippen LogP contribution in [0.3, 0.4) is 0 Å². The van der Waals surface area contributed by atoms with Crippen LogP contribution in [0.2, 0.25) is 0 Å². The van der Waals surface area contributed by atoms with Crippen molar-refractivity contribution in [1.82, 2.24) is 0 Å². The molecule has 4 heteroatoms. The first-order valence-corrected chi connectivity index (χ1v) is 7.84. The standard InChI is InChI=1S/C19H20N2O2/c20-18(22)13-21(16-9-5-2-6-10-16)19(23)12-15-11-17(15)14-7-3-1-4-8-14/h1-10,15,17H,11-13H2,(H2,20,22)/t15-,17-/m0/s1. The molecule has 3 rings (SSSR count). The largest absolute Gasteiger partial charge is 0.368 e. The number of para-hydroxylation sites is 1. The molecule has 1 aliphatic carbocycles. The Bertz CT molecular complexity index is 685. The molecular weight excluding hydrogens is 288 g/mol. The highest BCUT2D eigenvalue weighted by Crippen LogP contribution is 2.49. The molecule has 1 aliphatic rings. The molecular formula is C19H20N2O2. The van der Waals surface area contributed by atoms with Crippen LogP contribution in [0.25, 0.3) is 0 Å². The Morgan fingerprint density at radius 1 is 1.00 bits per heavy atom. The number of anilines is 1. The molecule has 2 N–H and O–H groups in total. The van der Waals surface area contributed by atoms with E-state index >= 15 is 0 Å². The van der Waals surface area contributed by atoms with E-state index in [1.807, 2.05) is 48.5 Å². The number of nitrogens with zero attached hydrogens (tertiary/aromatic N) is 1. The lowest BCUT2D eigenvalue weighted by Gasteiger charge is -2.21. The molecule has 0 bridgehead atoms. The van der Waals surface area contributed by atoms with Gasteiger partial charge in [-0.3, -0.25) is 9.59 Å². The summed E-state index contributed by atoms with van der Waals surface area (Å²) >= 11 is 0. The van der Waals surface area contributed by atoms with Gasteiger partial charge in [0.2, 0.25) is 11.8 Å². The number of carbonyl (C=O) groups excluding carboxylic acids is 2. The van der Waals surface area contributed by atoms with Crippen molar-refractivity contribution in [2.45, 2.75) is 18.8 Å². The highest BCUT2D eigenvalue weighted by molar-refractivity contribution is 5.98. The quantitative estimate of drug-likeness (QED) is 0.891. The Morgan fingerprint density at radius 3 is 2.22 bits per heavy atom. The summed E-state index contributed by atoms with van der Waals surface area (Å²) in [5, 5.41) is 0. The summed E-state index contributed by atoms with van der Waals surface area (Å²) in [6, 6.07) is 19.5. The molecule has 23 heavy (non-hydrogen) atoms. The average molecular weight is 308 g/mol. The molecule has 1 saturated carbocycles. The first-order chi connectivity index (χ1) is 11.1. The number of nitrogens with two attached hydrogens (primary N) is 1. The SMILES string of the molecule is NC(=O)CN(C(=O)C[C@@H]1C[C@H]1c1ccccc1)c1ccccc1. The van der Waals surface area contributed by atoms with E-state index in [0.29, 0.717) is 23.9 Å². The van der Waals surface area contributed by atoms with Gasteiger partial charge in [-0.2, -0.15) is 0 Å². The molecule has 4 nitrogen and oxygen atoms in total. The van der Waals surface area contributed by atoms with Gasteiger partial charge in [0.1, 0.15) is 6.54 Å². The monoisotopic (exact) mass is 308 g/mol. The first kappa shape index (κ1) is 15.3. The Balaban J connectivity index is 1.67. The minimum absolute atomic E-state index is 0.0431. The van der Waals surface area contributed by atoms with Crippen LogP contribution in [0.15, 0.2) is 60.7 Å². The lowest BCUT2D eigenvalue weighted by molar-refractivity contribution is -0.122. The second kappa shape index (κ2) is 6.65. The number of hydrogen-bond donors (Lipinski definition) is 1. The predicted molar refractivity (Wildman–Crippen MR) is 89.9 cm³/mol. The molecule has 0 unspecified atom stereocenters. The van der Waals surface area contributed by atoms with E-state index in [9.17, 15) is 9.59 Å². The van der Waals surface area contributed by atoms with Crippen molar-refractivity contribution in [2.24, 2.45) is 11.7 Å². The maximum atomic E-state index is 12.6. The highest BCUT2D eigenvalue weighted by Gasteiger charge is 2.40. The van der Waals surface area contributed by atoms with Gasteiger partial charge in [0.15, 0.2) is 0 Å². The maximum absolute atomic E-state index is 12.6. The summed E-state index contributed by atoms with van der Waals surface area (Å²) < 4.78 is 0. The fourth-order valence-electron chi connectivity index (χ4n) is 3.00. The average Bonchev–Trinajstić information content (AvgIpc) is 3.33. The minimum Gasteiger partial charge on any atom is -0.368 e. The van der Waals surface area contributed by atoms with E-state index in [-0.39, 0.29) is 12.5 Å². The zero-order valence-corrected chi connectivity index (χ0v) is 12.9. The van der Waals surface area contributed by atoms with Crippen molar-refractivity contribution < 1.29 is 9.59 Å². The van der Waals surface area contributed by atoms with Crippen molar-refractivity contribution in [2.75, 3.05) is 11.4 Å². The molecule has 0 aromatic heterocycles. The molecule has 0 heterocycles. The molecule has 0 saturated heterocycles. The summed E-state index contributed by atoms with van der Waals surface area (Å²) in [4.78, 5) is 25.4. The van der Waals surface area contributed by atoms with E-state index in [2.05, 4.69) is 12.1 Å². The zero-order chi connectivity index (χ0) is 16.2. The molecule has 2 aromatic carbocycles. The van der Waals surface area contributed by atoms with Crippen LogP contribution in [0.1, 0.15) is 24.3 Å². The number of rotatable bonds is 6. The summed E-state index contributed by atoms with van der Waals surface area (Å²) in [6.45, 7) is -0.0778. The van der Waals surface area contributed by atoms with Crippen molar-refractivity contribution in [3.63, 3.8) is 0 Å². The number of amides is 2. The topological polar surface area (TPSA) is 63.4 Å². The molecule has 0 spiro atoms. The fraction of sp³-hybridized carbons (Fsp3) is 0.263. The Labute approximate surface area is 135 Å². The molecule has 1 fully saturated rings. The van der Waals surface area contributed by atoms with Gasteiger partial charge in [0.25, 0.3) is 0 Å². The first-order valence-electron chi connectivity index (χ1n) is 7.84. The van der Waals surface area contributed by atoms with Crippen molar-refractivity contribution in [3.05, 3.63) is 66.2 Å². The normalized spacial score (nSPS) is 19.1. The highest BCUT2D eigenvalue weighted by atomic mass is 16.2. The molecule has 0 aliphatic heterocycles. The van der Waals surface area contributed by atoms with Gasteiger partial charge >= 0.3 is 0 Å². The van der Waals surface area contributed by atoms with Crippen LogP contribution in [0.5, 0.6) is 0 Å². The summed E-state index contributed by atoms with van der Waals surface area (Å²) in [5.74, 6) is 0.256. The molecule has 0 radical (unpaired) electrons. The van der Waals surface area contributed by atoms with E-state index in [4.69, 9.17) is 5.73 Å². The van der Waals surface area contributed by atoms with Crippen LogP contribution < -0.4 is 10.6 Å². The smallest absolute Gasteiger partial charge is 0.237 e. The maximum Gasteiger partial charge on any atom is 0.237 e. The third-order valence-corrected chi connectivity index (χ3v) is 4.27. The lowest BCUT2D eigenvalue weighted by atomic mass is 10.1. The fourth-order valence-corrected chi connectivity index (χ4v) is 3.00. The lowest BCUT2D eigenvalue weighted by Crippen LogP contribution is -2.38. The number of primary amides is 1. The van der Waals surface area contributed by atoms with Gasteiger partial charge in [-0.25, -0.2) is 0 Å². The molecule has 2 amide bonds. The second-order valence-electron chi connectivity index (χ2n) is 6.00. The molecule has 118 valence electrons. The van der Waals surface area contributed by atoms with E-state index in [1.54, 1.807) is 0 Å². The Hall–Kier alpha value is -2.62. The summed E-state index contributed by atoms with van der Waals surface area (Å²) in [6.07, 6.45) is 1.47. The summed E-state index contributed by atoms with van der Waals surface area (Å²) in [7, 11) is 0. The Kier molecular flexibility index (Phi) is 4.42. The van der Waals surface area contributed by atoms with E-state index < -0.39 is 5.91 Å². The molecule has 2 atom stereocenters. The Morgan fingerprint density at radius 2 is 1.61 bits per heavy atom. The van der Waals surface area contributed by atoms with Gasteiger partial charge in [-0.1, -0.05) is 48.5 Å². The van der Waals surface area contributed by atoms with Crippen LogP contribution in [-0.4, -0.2) is 18.4 Å². The molecule has 2 aromatic rings. The van der Waals surface area contributed by atoms with Crippen LogP contribution in [-0.2, 0) is 9.59 Å². The van der Waals surface area contributed by atoms with Gasteiger partial charge < -0.3 is 10.6 Å². The minimum atomic E-state index is -0.502. The zero-order valence-electron chi connectivity index (χ0n) is 12.9. The third-order valence-electron chi connectivity index (χ3n) is 4.27. The predicted octanol–water partition coefficient (Wildman–Crippen LogP) is 2.70. The van der Waals surface area contributed by atoms with Crippen LogP contribution in [0, 0.1) is 5.92 Å². The third kappa shape index (κ3) is 3.77. The number of benzene rings is 2. The second-order valence-corrected chi connectivity index (χ2v) is 6.00. The van der Waals surface area contributed by atoms with Crippen molar-refractivity contribution in [3.8, 4) is 0 Å². The van der Waals surface area contributed by atoms with Gasteiger partial charge in [-0.15, -0.1) is 0 Å². The number of hydrogen-bond acceptors (Lipinski definition) is 2. The van der Waals surface area contributed by atoms with Crippen molar-refractivity contribution >= 4 is 17.5 Å². The van der Waals surface area contributed by atoms with Crippen LogP contribution in [0.4, 0.5) is 5.69 Å². The van der Waals surface area contributed by atoms with Gasteiger partial charge in [0.05, 0.1) is 0 Å². The number of carbonyl (C=O) groups is 2. The van der Waals surface area contributed by atoms with Gasteiger partial charge in [0, 0.05) is 12.1 Å². The van der Waals surface area contributed by atoms with Crippen molar-refractivity contribution in [1.29, 1.82) is 0 Å². The van der Waals surface area contributed by atoms with Gasteiger partial charge in [-0.05, 0) is 36.0 Å². The van der Waals surface area contributed by atoms with E-state index in [1.165, 1.54) is 10.5 Å². The van der Waals surface area contributed by atoms with E-state index in [0.717, 1.165) is 6.42 Å².